The topological polar surface area (TPSA) is 42.7 Å². The molecule has 4 nitrogen and oxygen atoms in total. The Labute approximate surface area is 99.3 Å². The first-order valence-electron chi connectivity index (χ1n) is 5.36. The zero-order chi connectivity index (χ0) is 11.5. The van der Waals surface area contributed by atoms with Crippen molar-refractivity contribution in [2.24, 2.45) is 7.05 Å². The summed E-state index contributed by atoms with van der Waals surface area (Å²) in [5.41, 5.74) is 4.11. The molecule has 2 heterocycles. The van der Waals surface area contributed by atoms with Crippen LogP contribution >= 0.6 is 11.3 Å². The van der Waals surface area contributed by atoms with Gasteiger partial charge in [-0.1, -0.05) is 6.92 Å². The van der Waals surface area contributed by atoms with Crippen molar-refractivity contribution < 1.29 is 0 Å². The summed E-state index contributed by atoms with van der Waals surface area (Å²) in [5, 5.41) is 7.78. The van der Waals surface area contributed by atoms with Crippen LogP contribution in [0.3, 0.4) is 0 Å². The standard InChI is InChI=1S/C11H16N4S/c1-4-9-5-11(15(3)14-9)12-6-10-8(2)13-7-16-10/h5,7,12H,4,6H2,1-3H3. The van der Waals surface area contributed by atoms with Gasteiger partial charge in [-0.15, -0.1) is 11.3 Å². The van der Waals surface area contributed by atoms with E-state index in [0.29, 0.717) is 0 Å². The van der Waals surface area contributed by atoms with Crippen LogP contribution in [-0.2, 0) is 20.0 Å². The Bertz CT molecular complexity index is 472. The molecule has 0 spiro atoms. The minimum absolute atomic E-state index is 0.819. The lowest BCUT2D eigenvalue weighted by molar-refractivity contribution is 0.748. The van der Waals surface area contributed by atoms with Crippen molar-refractivity contribution in [3.05, 3.63) is 27.8 Å². The number of anilines is 1. The second kappa shape index (κ2) is 4.65. The number of aromatic nitrogens is 3. The molecule has 1 N–H and O–H groups in total. The largest absolute Gasteiger partial charge is 0.365 e. The fraction of sp³-hybridized carbons (Fsp3) is 0.455. The average molecular weight is 236 g/mol. The molecule has 0 bridgehead atoms. The molecular weight excluding hydrogens is 220 g/mol. The summed E-state index contributed by atoms with van der Waals surface area (Å²) in [5.74, 6) is 1.06. The molecule has 0 aliphatic carbocycles. The highest BCUT2D eigenvalue weighted by molar-refractivity contribution is 7.09. The minimum atomic E-state index is 0.819. The maximum atomic E-state index is 4.39. The highest BCUT2D eigenvalue weighted by Gasteiger charge is 2.05. The van der Waals surface area contributed by atoms with Crippen LogP contribution in [0.5, 0.6) is 0 Å². The summed E-state index contributed by atoms with van der Waals surface area (Å²) in [4.78, 5) is 5.51. The molecule has 0 radical (unpaired) electrons. The molecule has 2 aromatic heterocycles. The van der Waals surface area contributed by atoms with Crippen molar-refractivity contribution in [3.8, 4) is 0 Å². The van der Waals surface area contributed by atoms with Crippen molar-refractivity contribution in [1.29, 1.82) is 0 Å². The molecule has 16 heavy (non-hydrogen) atoms. The predicted octanol–water partition coefficient (Wildman–Crippen LogP) is 2.36. The Morgan fingerprint density at radius 1 is 1.50 bits per heavy atom. The van der Waals surface area contributed by atoms with Crippen LogP contribution in [0.25, 0.3) is 0 Å². The average Bonchev–Trinajstić information content (AvgIpc) is 2.82. The van der Waals surface area contributed by atoms with E-state index in [1.54, 1.807) is 11.3 Å². The summed E-state index contributed by atoms with van der Waals surface area (Å²) in [7, 11) is 1.96. The van der Waals surface area contributed by atoms with Crippen molar-refractivity contribution in [3.63, 3.8) is 0 Å². The van der Waals surface area contributed by atoms with Gasteiger partial charge in [0.15, 0.2) is 0 Å². The normalized spacial score (nSPS) is 10.7. The van der Waals surface area contributed by atoms with E-state index in [1.807, 2.05) is 24.2 Å². The van der Waals surface area contributed by atoms with Crippen LogP contribution in [-0.4, -0.2) is 14.8 Å². The van der Waals surface area contributed by atoms with E-state index >= 15 is 0 Å². The molecule has 0 fully saturated rings. The third-order valence-corrected chi connectivity index (χ3v) is 3.50. The van der Waals surface area contributed by atoms with Crippen LogP contribution in [0.2, 0.25) is 0 Å². The van der Waals surface area contributed by atoms with Gasteiger partial charge in [0.05, 0.1) is 23.4 Å². The number of rotatable bonds is 4. The lowest BCUT2D eigenvalue weighted by atomic mass is 10.3. The maximum absolute atomic E-state index is 4.39. The lowest BCUT2D eigenvalue weighted by Gasteiger charge is -2.04. The number of thiazole rings is 1. The van der Waals surface area contributed by atoms with Gasteiger partial charge in [0, 0.05) is 18.0 Å². The van der Waals surface area contributed by atoms with Gasteiger partial charge < -0.3 is 5.32 Å². The molecular formula is C11H16N4S. The number of hydrogen-bond donors (Lipinski definition) is 1. The molecule has 0 saturated carbocycles. The van der Waals surface area contributed by atoms with Crippen LogP contribution in [0.4, 0.5) is 5.82 Å². The van der Waals surface area contributed by atoms with Crippen LogP contribution < -0.4 is 5.32 Å². The molecule has 0 unspecified atom stereocenters. The van der Waals surface area contributed by atoms with E-state index < -0.39 is 0 Å². The van der Waals surface area contributed by atoms with Gasteiger partial charge in [-0.05, 0) is 13.3 Å². The summed E-state index contributed by atoms with van der Waals surface area (Å²) in [6.07, 6.45) is 0.967. The predicted molar refractivity (Wildman–Crippen MR) is 66.8 cm³/mol. The first-order valence-corrected chi connectivity index (χ1v) is 6.24. The SMILES string of the molecule is CCc1cc(NCc2scnc2C)n(C)n1. The number of nitrogens with one attached hydrogen (secondary N) is 1. The molecule has 0 aromatic carbocycles. The van der Waals surface area contributed by atoms with Crippen molar-refractivity contribution in [2.45, 2.75) is 26.8 Å². The number of hydrogen-bond acceptors (Lipinski definition) is 4. The Morgan fingerprint density at radius 2 is 2.31 bits per heavy atom. The van der Waals surface area contributed by atoms with E-state index in [-0.39, 0.29) is 0 Å². The number of aryl methyl sites for hydroxylation is 3. The first-order chi connectivity index (χ1) is 7.70. The highest BCUT2D eigenvalue weighted by Crippen LogP contribution is 2.15. The zero-order valence-corrected chi connectivity index (χ0v) is 10.6. The molecule has 86 valence electrons. The minimum Gasteiger partial charge on any atom is -0.365 e. The zero-order valence-electron chi connectivity index (χ0n) is 9.82. The van der Waals surface area contributed by atoms with Gasteiger partial charge in [-0.2, -0.15) is 5.10 Å². The third-order valence-electron chi connectivity index (χ3n) is 2.57. The van der Waals surface area contributed by atoms with Crippen LogP contribution in [0.1, 0.15) is 23.2 Å². The molecule has 2 rings (SSSR count). The second-order valence-corrected chi connectivity index (χ2v) is 4.65. The fourth-order valence-corrected chi connectivity index (χ4v) is 2.25. The number of nitrogens with zero attached hydrogens (tertiary/aromatic N) is 3. The molecule has 0 saturated heterocycles. The highest BCUT2D eigenvalue weighted by atomic mass is 32.1. The summed E-state index contributed by atoms with van der Waals surface area (Å²) < 4.78 is 1.88. The van der Waals surface area contributed by atoms with E-state index in [4.69, 9.17) is 0 Å². The van der Waals surface area contributed by atoms with Gasteiger partial charge in [-0.3, -0.25) is 4.68 Å². The Morgan fingerprint density at radius 3 is 2.88 bits per heavy atom. The van der Waals surface area contributed by atoms with Gasteiger partial charge in [0.2, 0.25) is 0 Å². The van der Waals surface area contributed by atoms with Gasteiger partial charge in [-0.25, -0.2) is 4.98 Å². The molecule has 0 aliphatic heterocycles. The smallest absolute Gasteiger partial charge is 0.124 e. The fourth-order valence-electron chi connectivity index (χ4n) is 1.53. The molecule has 5 heteroatoms. The van der Waals surface area contributed by atoms with Gasteiger partial charge >= 0.3 is 0 Å². The quantitative estimate of drug-likeness (QED) is 0.886. The third kappa shape index (κ3) is 2.24. The van der Waals surface area contributed by atoms with Crippen molar-refractivity contribution >= 4 is 17.2 Å². The molecule has 2 aromatic rings. The van der Waals surface area contributed by atoms with E-state index in [1.165, 1.54) is 4.88 Å². The van der Waals surface area contributed by atoms with E-state index in [2.05, 4.69) is 28.4 Å². The Balaban J connectivity index is 2.04. The summed E-state index contributed by atoms with van der Waals surface area (Å²) in [6, 6.07) is 2.09. The Hall–Kier alpha value is -1.36. The van der Waals surface area contributed by atoms with Crippen molar-refractivity contribution in [2.75, 3.05) is 5.32 Å². The lowest BCUT2D eigenvalue weighted by Crippen LogP contribution is -2.04. The van der Waals surface area contributed by atoms with Gasteiger partial charge in [0.25, 0.3) is 0 Å². The van der Waals surface area contributed by atoms with Crippen LogP contribution in [0, 0.1) is 6.92 Å². The van der Waals surface area contributed by atoms with Crippen molar-refractivity contribution in [1.82, 2.24) is 14.8 Å². The van der Waals surface area contributed by atoms with Crippen LogP contribution in [0.15, 0.2) is 11.6 Å². The van der Waals surface area contributed by atoms with E-state index in [9.17, 15) is 0 Å². The van der Waals surface area contributed by atoms with Gasteiger partial charge in [0.1, 0.15) is 5.82 Å². The molecule has 0 atom stereocenters. The second-order valence-electron chi connectivity index (χ2n) is 3.71. The summed E-state index contributed by atoms with van der Waals surface area (Å²) in [6.45, 7) is 4.97. The molecule has 0 amide bonds. The summed E-state index contributed by atoms with van der Waals surface area (Å²) >= 11 is 1.68. The Kier molecular flexibility index (Phi) is 3.24. The molecule has 0 aliphatic rings. The first kappa shape index (κ1) is 11.1. The maximum Gasteiger partial charge on any atom is 0.124 e. The monoisotopic (exact) mass is 236 g/mol. The van der Waals surface area contributed by atoms with E-state index in [0.717, 1.165) is 30.2 Å².